The molecule has 1 amide bonds. The zero-order valence-corrected chi connectivity index (χ0v) is 20.0. The summed E-state index contributed by atoms with van der Waals surface area (Å²) in [7, 11) is 1.59. The number of nitrogens with zero attached hydrogens (tertiary/aromatic N) is 3. The van der Waals surface area contributed by atoms with Gasteiger partial charge in [0.2, 0.25) is 5.91 Å². The van der Waals surface area contributed by atoms with Crippen molar-refractivity contribution in [1.82, 2.24) is 14.8 Å². The van der Waals surface area contributed by atoms with Gasteiger partial charge in [-0.05, 0) is 56.2 Å². The van der Waals surface area contributed by atoms with Crippen molar-refractivity contribution < 1.29 is 14.3 Å². The zero-order chi connectivity index (χ0) is 22.9. The Morgan fingerprint density at radius 3 is 2.81 bits per heavy atom. The number of rotatable bonds is 11. The molecule has 2 aromatic carbocycles. The second-order valence-electron chi connectivity index (χ2n) is 7.07. The third-order valence-electron chi connectivity index (χ3n) is 4.73. The Morgan fingerprint density at radius 1 is 1.22 bits per heavy atom. The van der Waals surface area contributed by atoms with E-state index in [0.717, 1.165) is 41.7 Å². The summed E-state index contributed by atoms with van der Waals surface area (Å²) in [6, 6.07) is 12.9. The van der Waals surface area contributed by atoms with Gasteiger partial charge in [0.05, 0.1) is 19.5 Å². The van der Waals surface area contributed by atoms with E-state index in [1.165, 1.54) is 11.8 Å². The van der Waals surface area contributed by atoms with Crippen LogP contribution in [0.1, 0.15) is 24.7 Å². The van der Waals surface area contributed by atoms with Crippen LogP contribution in [0.25, 0.3) is 0 Å². The molecule has 0 spiro atoms. The summed E-state index contributed by atoms with van der Waals surface area (Å²) in [6.45, 7) is 5.33. The molecule has 0 fully saturated rings. The Hall–Kier alpha value is -2.71. The van der Waals surface area contributed by atoms with Crippen molar-refractivity contribution in [2.24, 2.45) is 0 Å². The van der Waals surface area contributed by atoms with Crippen molar-refractivity contribution in [3.63, 3.8) is 0 Å². The van der Waals surface area contributed by atoms with Crippen LogP contribution in [-0.4, -0.2) is 40.1 Å². The van der Waals surface area contributed by atoms with Crippen LogP contribution in [0.4, 0.5) is 5.69 Å². The first-order chi connectivity index (χ1) is 15.5. The Bertz CT molecular complexity index is 1060. The number of methoxy groups -OCH3 is 1. The van der Waals surface area contributed by atoms with Crippen molar-refractivity contribution in [3.8, 4) is 11.5 Å². The topological polar surface area (TPSA) is 78.3 Å². The van der Waals surface area contributed by atoms with Gasteiger partial charge in [-0.2, -0.15) is 0 Å². The quantitative estimate of drug-likeness (QED) is 0.311. The molecule has 32 heavy (non-hydrogen) atoms. The molecule has 1 heterocycles. The van der Waals surface area contributed by atoms with Crippen LogP contribution in [-0.2, 0) is 17.8 Å². The maximum Gasteiger partial charge on any atom is 0.234 e. The van der Waals surface area contributed by atoms with E-state index in [9.17, 15) is 4.79 Å². The lowest BCUT2D eigenvalue weighted by Crippen LogP contribution is -2.14. The molecule has 170 valence electrons. The number of amides is 1. The number of halogens is 1. The third-order valence-corrected chi connectivity index (χ3v) is 5.94. The number of hydrogen-bond donors (Lipinski definition) is 1. The normalized spacial score (nSPS) is 10.8. The first kappa shape index (κ1) is 23.9. The van der Waals surface area contributed by atoms with Crippen LogP contribution in [0, 0.1) is 6.92 Å². The molecule has 0 unspecified atom stereocenters. The van der Waals surface area contributed by atoms with E-state index in [-0.39, 0.29) is 11.7 Å². The largest absolute Gasteiger partial charge is 0.497 e. The number of aromatic nitrogens is 3. The summed E-state index contributed by atoms with van der Waals surface area (Å²) in [5, 5.41) is 12.9. The van der Waals surface area contributed by atoms with Crippen molar-refractivity contribution in [3.05, 3.63) is 58.9 Å². The van der Waals surface area contributed by atoms with E-state index < -0.39 is 0 Å². The monoisotopic (exact) mass is 474 g/mol. The van der Waals surface area contributed by atoms with Crippen molar-refractivity contribution in [2.75, 3.05) is 24.8 Å². The lowest BCUT2D eigenvalue weighted by atomic mass is 10.2. The average molecular weight is 475 g/mol. The van der Waals surface area contributed by atoms with Crippen LogP contribution in [0.5, 0.6) is 11.5 Å². The van der Waals surface area contributed by atoms with Crippen molar-refractivity contribution in [1.29, 1.82) is 0 Å². The van der Waals surface area contributed by atoms with Gasteiger partial charge < -0.3 is 19.4 Å². The van der Waals surface area contributed by atoms with E-state index in [0.29, 0.717) is 23.1 Å². The predicted octanol–water partition coefficient (Wildman–Crippen LogP) is 5.01. The first-order valence-electron chi connectivity index (χ1n) is 10.4. The average Bonchev–Trinajstić information content (AvgIpc) is 3.18. The Labute approximate surface area is 197 Å². The number of anilines is 1. The van der Waals surface area contributed by atoms with Crippen LogP contribution in [0.2, 0.25) is 5.02 Å². The molecule has 1 N–H and O–H groups in total. The summed E-state index contributed by atoms with van der Waals surface area (Å²) in [5.41, 5.74) is 1.71. The van der Waals surface area contributed by atoms with Crippen LogP contribution >= 0.6 is 23.4 Å². The van der Waals surface area contributed by atoms with Gasteiger partial charge >= 0.3 is 0 Å². The fourth-order valence-corrected chi connectivity index (χ4v) is 4.19. The molecule has 3 rings (SSSR count). The maximum absolute atomic E-state index is 12.3. The number of nitrogens with one attached hydrogen (secondary N) is 1. The zero-order valence-electron chi connectivity index (χ0n) is 18.4. The highest BCUT2D eigenvalue weighted by atomic mass is 35.5. The summed E-state index contributed by atoms with van der Waals surface area (Å²) in [4.78, 5) is 12.3. The molecular weight excluding hydrogens is 448 g/mol. The number of ether oxygens (including phenoxy) is 2. The smallest absolute Gasteiger partial charge is 0.234 e. The van der Waals surface area contributed by atoms with Crippen molar-refractivity contribution in [2.45, 2.75) is 38.4 Å². The second-order valence-corrected chi connectivity index (χ2v) is 8.45. The molecule has 0 atom stereocenters. The van der Waals surface area contributed by atoms with Gasteiger partial charge in [0.1, 0.15) is 17.3 Å². The number of carbonyl (C=O) groups is 1. The highest BCUT2D eigenvalue weighted by molar-refractivity contribution is 7.99. The number of aryl methyl sites for hydroxylation is 2. The fourth-order valence-electron chi connectivity index (χ4n) is 3.14. The minimum atomic E-state index is -0.109. The van der Waals surface area contributed by atoms with E-state index in [2.05, 4.69) is 15.5 Å². The molecule has 0 saturated carbocycles. The van der Waals surface area contributed by atoms with E-state index in [1.54, 1.807) is 13.2 Å². The molecule has 7 nitrogen and oxygen atoms in total. The second kappa shape index (κ2) is 11.8. The molecule has 1 aromatic heterocycles. The van der Waals surface area contributed by atoms with Crippen molar-refractivity contribution >= 4 is 35.0 Å². The lowest BCUT2D eigenvalue weighted by Gasteiger charge is -2.10. The first-order valence-corrected chi connectivity index (χ1v) is 11.7. The molecule has 0 saturated heterocycles. The number of benzene rings is 2. The van der Waals surface area contributed by atoms with E-state index >= 15 is 0 Å². The molecule has 0 aliphatic carbocycles. The lowest BCUT2D eigenvalue weighted by molar-refractivity contribution is -0.113. The predicted molar refractivity (Wildman–Crippen MR) is 128 cm³/mol. The van der Waals surface area contributed by atoms with E-state index in [1.807, 2.05) is 54.8 Å². The number of carbonyl (C=O) groups excluding carboxylic acids is 1. The summed E-state index contributed by atoms with van der Waals surface area (Å²) < 4.78 is 13.1. The molecular formula is C23H27ClN4O3S. The fraction of sp³-hybridized carbons (Fsp3) is 0.348. The van der Waals surface area contributed by atoms with Gasteiger partial charge in [-0.1, -0.05) is 29.4 Å². The minimum Gasteiger partial charge on any atom is -0.497 e. The Balaban J connectivity index is 1.48. The van der Waals surface area contributed by atoms with Gasteiger partial charge in [-0.15, -0.1) is 10.2 Å². The highest BCUT2D eigenvalue weighted by Crippen LogP contribution is 2.23. The molecule has 0 bridgehead atoms. The van der Waals surface area contributed by atoms with Crippen LogP contribution in [0.15, 0.2) is 47.6 Å². The summed E-state index contributed by atoms with van der Waals surface area (Å²) in [5.74, 6) is 2.56. The third kappa shape index (κ3) is 6.64. The molecule has 9 heteroatoms. The van der Waals surface area contributed by atoms with Gasteiger partial charge in [-0.3, -0.25) is 4.79 Å². The molecule has 0 aliphatic heterocycles. The Kier molecular flexibility index (Phi) is 8.81. The summed E-state index contributed by atoms with van der Waals surface area (Å²) >= 11 is 7.36. The highest BCUT2D eigenvalue weighted by Gasteiger charge is 2.13. The Morgan fingerprint density at radius 2 is 2.06 bits per heavy atom. The summed E-state index contributed by atoms with van der Waals surface area (Å²) in [6.07, 6.45) is 1.55. The molecule has 0 radical (unpaired) electrons. The SMILES string of the molecule is CCn1c(CCCOc2ccc(Cl)cc2C)nnc1SCC(=O)Nc1cccc(OC)c1. The van der Waals surface area contributed by atoms with Gasteiger partial charge in [-0.25, -0.2) is 0 Å². The van der Waals surface area contributed by atoms with Crippen LogP contribution < -0.4 is 14.8 Å². The molecule has 3 aromatic rings. The van der Waals surface area contributed by atoms with E-state index in [4.69, 9.17) is 21.1 Å². The van der Waals surface area contributed by atoms with Gasteiger partial charge in [0.25, 0.3) is 0 Å². The van der Waals surface area contributed by atoms with Crippen LogP contribution in [0.3, 0.4) is 0 Å². The molecule has 0 aliphatic rings. The minimum absolute atomic E-state index is 0.109. The number of hydrogen-bond acceptors (Lipinski definition) is 6. The maximum atomic E-state index is 12.3. The number of thioether (sulfide) groups is 1. The standard InChI is InChI=1S/C23H27ClN4O3S/c1-4-28-21(9-6-12-31-20-11-10-17(24)13-16(20)2)26-27-23(28)32-15-22(29)25-18-7-5-8-19(14-18)30-3/h5,7-8,10-11,13-14H,4,6,9,12,15H2,1-3H3,(H,25,29). The van der Waals surface area contributed by atoms with Gasteiger partial charge in [0, 0.05) is 29.7 Å². The van der Waals surface area contributed by atoms with Gasteiger partial charge in [0.15, 0.2) is 5.16 Å².